The Morgan fingerprint density at radius 2 is 0.490 bits per heavy atom. The first-order chi connectivity index (χ1) is 47.4. The van der Waals surface area contributed by atoms with Gasteiger partial charge in [0.1, 0.15) is 19.3 Å². The van der Waals surface area contributed by atoms with Crippen LogP contribution in [0.1, 0.15) is 414 Å². The summed E-state index contributed by atoms with van der Waals surface area (Å²) in [6.45, 7) is 9.64. The third-order valence-electron chi connectivity index (χ3n) is 19.2. The van der Waals surface area contributed by atoms with Crippen LogP contribution in [0.4, 0.5) is 0 Å². The predicted octanol–water partition coefficient (Wildman–Crippen LogP) is 23.5. The van der Waals surface area contributed by atoms with E-state index in [0.717, 1.165) is 108 Å². The van der Waals surface area contributed by atoms with E-state index >= 15 is 0 Å². The van der Waals surface area contributed by atoms with Crippen molar-refractivity contribution >= 4 is 39.5 Å². The second kappa shape index (κ2) is 70.7. The molecule has 98 heavy (non-hydrogen) atoms. The minimum atomic E-state index is -4.96. The van der Waals surface area contributed by atoms with Gasteiger partial charge >= 0.3 is 39.5 Å². The molecule has 7 atom stereocenters. The van der Waals surface area contributed by atoms with Gasteiger partial charge in [-0.15, -0.1) is 0 Å². The van der Waals surface area contributed by atoms with E-state index in [-0.39, 0.29) is 25.7 Å². The number of rotatable bonds is 78. The second-order valence-electron chi connectivity index (χ2n) is 28.9. The van der Waals surface area contributed by atoms with Crippen molar-refractivity contribution in [3.05, 3.63) is 0 Å². The zero-order chi connectivity index (χ0) is 72.1. The summed E-state index contributed by atoms with van der Waals surface area (Å²) in [5.74, 6) is -0.510. The average molecular weight is 1440 g/mol. The van der Waals surface area contributed by atoms with Gasteiger partial charge in [0, 0.05) is 25.7 Å². The SMILES string of the molecule is CCCCCCCCCCCCCCCCCC(=O)OC[C@H](COP(=O)(O)OC[C@@H](O)COP(=O)(O)OC[C@@H](COC(=O)CCCCCCCCC(C)CC)OC(=O)CCCCCCCCCCCCC)OC(=O)CCCCCCCCCCCCCCCCCCCCC(C)CC. The average Bonchev–Trinajstić information content (AvgIpc) is 2.75. The highest BCUT2D eigenvalue weighted by Crippen LogP contribution is 2.45. The molecule has 4 unspecified atom stereocenters. The third-order valence-corrected chi connectivity index (χ3v) is 21.1. The van der Waals surface area contributed by atoms with E-state index in [2.05, 4.69) is 41.5 Å². The number of aliphatic hydroxyl groups excluding tert-OH is 1. The monoisotopic (exact) mass is 1440 g/mol. The lowest BCUT2D eigenvalue weighted by Crippen LogP contribution is -2.30. The summed E-state index contributed by atoms with van der Waals surface area (Å²) in [6.07, 6.45) is 59.7. The van der Waals surface area contributed by atoms with Crippen LogP contribution in [-0.4, -0.2) is 96.7 Å². The third kappa shape index (κ3) is 69.8. The lowest BCUT2D eigenvalue weighted by Gasteiger charge is -2.21. The van der Waals surface area contributed by atoms with Gasteiger partial charge in [0.2, 0.25) is 0 Å². The van der Waals surface area contributed by atoms with E-state index in [1.807, 2.05) is 0 Å². The van der Waals surface area contributed by atoms with E-state index in [9.17, 15) is 43.2 Å². The summed E-state index contributed by atoms with van der Waals surface area (Å²) < 4.78 is 68.6. The van der Waals surface area contributed by atoms with Gasteiger partial charge in [-0.25, -0.2) is 9.13 Å². The quantitative estimate of drug-likeness (QED) is 0.0222. The van der Waals surface area contributed by atoms with Crippen LogP contribution in [0.5, 0.6) is 0 Å². The molecule has 0 spiro atoms. The Morgan fingerprint density at radius 1 is 0.286 bits per heavy atom. The van der Waals surface area contributed by atoms with Gasteiger partial charge in [-0.2, -0.15) is 0 Å². The van der Waals surface area contributed by atoms with E-state index in [1.54, 1.807) is 0 Å². The molecule has 0 saturated carbocycles. The van der Waals surface area contributed by atoms with Crippen LogP contribution >= 0.6 is 15.6 Å². The molecule has 0 radical (unpaired) electrons. The van der Waals surface area contributed by atoms with Crippen LogP contribution in [0.3, 0.4) is 0 Å². The topological polar surface area (TPSA) is 237 Å². The molecule has 582 valence electrons. The van der Waals surface area contributed by atoms with Gasteiger partial charge in [0.15, 0.2) is 12.2 Å². The normalized spacial score (nSPS) is 14.5. The summed E-state index contributed by atoms with van der Waals surface area (Å²) in [5, 5.41) is 10.6. The molecule has 0 saturated heterocycles. The second-order valence-corrected chi connectivity index (χ2v) is 31.8. The van der Waals surface area contributed by atoms with Crippen molar-refractivity contribution in [2.45, 2.75) is 432 Å². The van der Waals surface area contributed by atoms with Crippen molar-refractivity contribution in [3.8, 4) is 0 Å². The van der Waals surface area contributed by atoms with E-state index < -0.39 is 97.5 Å². The molecule has 17 nitrogen and oxygen atoms in total. The fraction of sp³-hybridized carbons (Fsp3) is 0.949. The van der Waals surface area contributed by atoms with Crippen molar-refractivity contribution in [3.63, 3.8) is 0 Å². The Bertz CT molecular complexity index is 1890. The van der Waals surface area contributed by atoms with Crippen LogP contribution in [0.25, 0.3) is 0 Å². The fourth-order valence-electron chi connectivity index (χ4n) is 12.1. The number of hydrogen-bond acceptors (Lipinski definition) is 15. The highest BCUT2D eigenvalue weighted by atomic mass is 31.2. The van der Waals surface area contributed by atoms with Crippen LogP contribution in [0.2, 0.25) is 0 Å². The van der Waals surface area contributed by atoms with Crippen molar-refractivity contribution in [2.24, 2.45) is 11.8 Å². The molecule has 0 rings (SSSR count). The maximum atomic E-state index is 13.1. The fourth-order valence-corrected chi connectivity index (χ4v) is 13.7. The van der Waals surface area contributed by atoms with Gasteiger partial charge in [0.05, 0.1) is 26.4 Å². The predicted molar refractivity (Wildman–Crippen MR) is 400 cm³/mol. The van der Waals surface area contributed by atoms with Gasteiger partial charge < -0.3 is 33.8 Å². The Kier molecular flexibility index (Phi) is 69.3. The number of ether oxygens (including phenoxy) is 4. The molecule has 0 fully saturated rings. The Labute approximate surface area is 600 Å². The highest BCUT2D eigenvalue weighted by molar-refractivity contribution is 7.47. The van der Waals surface area contributed by atoms with Crippen molar-refractivity contribution in [1.82, 2.24) is 0 Å². The number of aliphatic hydroxyl groups is 1. The zero-order valence-corrected chi connectivity index (χ0v) is 65.9. The molecule has 0 aromatic rings. The molecule has 0 aliphatic rings. The maximum absolute atomic E-state index is 13.1. The molecule has 0 bridgehead atoms. The van der Waals surface area contributed by atoms with Gasteiger partial charge in [-0.1, -0.05) is 363 Å². The molecule has 0 aliphatic heterocycles. The highest BCUT2D eigenvalue weighted by Gasteiger charge is 2.30. The summed E-state index contributed by atoms with van der Waals surface area (Å²) in [6, 6.07) is 0. The maximum Gasteiger partial charge on any atom is 0.472 e. The zero-order valence-electron chi connectivity index (χ0n) is 64.1. The van der Waals surface area contributed by atoms with Crippen molar-refractivity contribution in [1.29, 1.82) is 0 Å². The minimum Gasteiger partial charge on any atom is -0.462 e. The van der Waals surface area contributed by atoms with E-state index in [0.29, 0.717) is 25.7 Å². The molecule has 0 aromatic heterocycles. The number of carbonyl (C=O) groups is 4. The number of carbonyl (C=O) groups excluding carboxylic acids is 4. The van der Waals surface area contributed by atoms with Crippen LogP contribution in [-0.2, 0) is 65.4 Å². The molecule has 0 aliphatic carbocycles. The first kappa shape index (κ1) is 96.1. The van der Waals surface area contributed by atoms with E-state index in [4.69, 9.17) is 37.0 Å². The summed E-state index contributed by atoms with van der Waals surface area (Å²) in [7, 11) is -9.91. The summed E-state index contributed by atoms with van der Waals surface area (Å²) in [4.78, 5) is 72.9. The molecule has 0 aromatic carbocycles. The largest absolute Gasteiger partial charge is 0.472 e. The number of phosphoric acid groups is 2. The van der Waals surface area contributed by atoms with Crippen LogP contribution in [0, 0.1) is 11.8 Å². The summed E-state index contributed by atoms with van der Waals surface area (Å²) in [5.41, 5.74) is 0. The van der Waals surface area contributed by atoms with Crippen LogP contribution in [0.15, 0.2) is 0 Å². The standard InChI is InChI=1S/C79H154O17P2/c1-7-11-13-15-17-19-21-22-27-31-35-38-42-49-55-61-76(81)89-67-74(95-79(84)64-58-52-44-40-36-32-29-26-24-23-25-28-30-34-37-41-47-53-59-71(5)9-3)69-93-97(85,86)91-65-73(80)66-92-98(87,88)94-70-75(68-90-77(82)62-56-50-46-45-48-54-60-72(6)10-4)96-78(83)63-57-51-43-39-33-20-18-16-14-12-8-2/h71-75,80H,7-70H2,1-6H3,(H,85,86)(H,87,88)/t71?,72?,73-,74-,75-/m1/s1. The molecular formula is C79H154O17P2. The first-order valence-electron chi connectivity index (χ1n) is 41.1. The first-order valence-corrected chi connectivity index (χ1v) is 44.1. The van der Waals surface area contributed by atoms with Crippen LogP contribution < -0.4 is 0 Å². The van der Waals surface area contributed by atoms with Gasteiger partial charge in [-0.3, -0.25) is 37.3 Å². The van der Waals surface area contributed by atoms with Gasteiger partial charge in [0.25, 0.3) is 0 Å². The lowest BCUT2D eigenvalue weighted by atomic mass is 9.99. The molecule has 19 heteroatoms. The molecular weight excluding hydrogens is 1280 g/mol. The minimum absolute atomic E-state index is 0.106. The number of phosphoric ester groups is 2. The Hall–Kier alpha value is -1.94. The molecule has 0 amide bonds. The number of unbranched alkanes of at least 4 members (excludes halogenated alkanes) is 46. The van der Waals surface area contributed by atoms with Gasteiger partial charge in [-0.05, 0) is 37.5 Å². The van der Waals surface area contributed by atoms with Crippen molar-refractivity contribution in [2.75, 3.05) is 39.6 Å². The summed E-state index contributed by atoms with van der Waals surface area (Å²) >= 11 is 0. The smallest absolute Gasteiger partial charge is 0.462 e. The van der Waals surface area contributed by atoms with E-state index in [1.165, 1.54) is 225 Å². The molecule has 3 N–H and O–H groups in total. The Balaban J connectivity index is 5.20. The van der Waals surface area contributed by atoms with Crippen molar-refractivity contribution < 1.29 is 80.2 Å². The number of hydrogen-bond donors (Lipinski definition) is 3. The number of esters is 4. The Morgan fingerprint density at radius 3 is 0.724 bits per heavy atom. The molecule has 0 heterocycles. The lowest BCUT2D eigenvalue weighted by molar-refractivity contribution is -0.161.